The van der Waals surface area contributed by atoms with Crippen molar-refractivity contribution in [2.24, 2.45) is 5.41 Å². The normalized spacial score (nSPS) is 20.6. The van der Waals surface area contributed by atoms with E-state index in [1.165, 1.54) is 18.2 Å². The van der Waals surface area contributed by atoms with Crippen LogP contribution in [0.15, 0.2) is 47.4 Å². The van der Waals surface area contributed by atoms with Crippen LogP contribution in [0.1, 0.15) is 50.7 Å². The Balaban J connectivity index is 1.42. The second kappa shape index (κ2) is 9.64. The summed E-state index contributed by atoms with van der Waals surface area (Å²) in [7, 11) is -3.83. The van der Waals surface area contributed by atoms with Crippen LogP contribution in [0, 0.1) is 25.1 Å². The molecule has 2 fully saturated rings. The van der Waals surface area contributed by atoms with Gasteiger partial charge in [-0.25, -0.2) is 12.8 Å². The number of nitrogens with one attached hydrogen (secondary N) is 1. The zero-order chi connectivity index (χ0) is 25.4. The molecule has 0 aromatic heterocycles. The Hall–Kier alpha value is -2.29. The van der Waals surface area contributed by atoms with Gasteiger partial charge < -0.3 is 5.32 Å². The van der Waals surface area contributed by atoms with Gasteiger partial charge in [-0.15, -0.1) is 0 Å². The van der Waals surface area contributed by atoms with Crippen molar-refractivity contribution in [3.05, 3.63) is 59.4 Å². The van der Waals surface area contributed by atoms with Crippen molar-refractivity contribution in [3.8, 4) is 0 Å². The van der Waals surface area contributed by atoms with Gasteiger partial charge in [0.05, 0.1) is 11.4 Å². The molecule has 0 aliphatic carbocycles. The number of rotatable bonds is 5. The number of sulfonamides is 1. The first kappa shape index (κ1) is 25.8. The molecular weight excluding hydrogens is 465 g/mol. The van der Waals surface area contributed by atoms with Crippen LogP contribution < -0.4 is 5.32 Å². The molecule has 2 aromatic rings. The summed E-state index contributed by atoms with van der Waals surface area (Å²) in [5.41, 5.74) is 2.29. The van der Waals surface area contributed by atoms with Crippen molar-refractivity contribution < 1.29 is 17.6 Å². The van der Waals surface area contributed by atoms with Gasteiger partial charge in [0, 0.05) is 17.8 Å². The number of halogens is 1. The number of likely N-dealkylation sites (tertiary alicyclic amines) is 1. The predicted molar refractivity (Wildman–Crippen MR) is 136 cm³/mol. The van der Waals surface area contributed by atoms with Crippen molar-refractivity contribution in [1.82, 2.24) is 9.21 Å². The number of amides is 1. The molecule has 2 saturated heterocycles. The molecule has 6 nitrogen and oxygen atoms in total. The molecule has 0 radical (unpaired) electrons. The van der Waals surface area contributed by atoms with Crippen LogP contribution in [0.2, 0.25) is 0 Å². The highest BCUT2D eigenvalue weighted by Gasteiger charge is 2.49. The first-order valence-corrected chi connectivity index (χ1v) is 13.7. The molecule has 2 aliphatic rings. The third-order valence-electron chi connectivity index (χ3n) is 7.83. The fourth-order valence-electron chi connectivity index (χ4n) is 5.45. The van der Waals surface area contributed by atoms with E-state index in [0.717, 1.165) is 61.7 Å². The maximum absolute atomic E-state index is 13.8. The van der Waals surface area contributed by atoms with Crippen molar-refractivity contribution in [1.29, 1.82) is 0 Å². The van der Waals surface area contributed by atoms with Gasteiger partial charge >= 0.3 is 0 Å². The monoisotopic (exact) mass is 501 g/mol. The van der Waals surface area contributed by atoms with Crippen LogP contribution in [-0.4, -0.2) is 55.2 Å². The summed E-state index contributed by atoms with van der Waals surface area (Å²) >= 11 is 0. The summed E-state index contributed by atoms with van der Waals surface area (Å²) in [4.78, 5) is 14.9. The zero-order valence-corrected chi connectivity index (χ0v) is 21.9. The van der Waals surface area contributed by atoms with Crippen LogP contribution in [-0.2, 0) is 14.8 Å². The standard InChI is InChI=1S/C27H36FN3O3S/c1-20-7-5-8-21(2)25(20)29-24(32)18-30-15-13-27(14-16-30)12-11-26(3,4)31(19-27)35(33,34)23-10-6-9-22(28)17-23/h5-10,17H,11-16,18-19H2,1-4H3,(H,29,32). The van der Waals surface area contributed by atoms with Crippen molar-refractivity contribution in [2.75, 3.05) is 31.5 Å². The molecule has 35 heavy (non-hydrogen) atoms. The van der Waals surface area contributed by atoms with E-state index in [-0.39, 0.29) is 16.2 Å². The Morgan fingerprint density at radius 1 is 1.00 bits per heavy atom. The second-order valence-corrected chi connectivity index (χ2v) is 12.7. The molecule has 2 aromatic carbocycles. The Labute approximate surface area is 208 Å². The molecule has 190 valence electrons. The number of carbonyl (C=O) groups excluding carboxylic acids is 1. The molecule has 1 amide bonds. The quantitative estimate of drug-likeness (QED) is 0.643. The first-order chi connectivity index (χ1) is 16.4. The lowest BCUT2D eigenvalue weighted by molar-refractivity contribution is -0.118. The number of piperidine rings is 2. The van der Waals surface area contributed by atoms with Gasteiger partial charge in [0.25, 0.3) is 0 Å². The summed E-state index contributed by atoms with van der Waals surface area (Å²) < 4.78 is 42.4. The van der Waals surface area contributed by atoms with E-state index in [1.807, 2.05) is 45.9 Å². The van der Waals surface area contributed by atoms with E-state index in [9.17, 15) is 17.6 Å². The molecule has 4 rings (SSSR count). The molecule has 2 aliphatic heterocycles. The number of anilines is 1. The minimum atomic E-state index is -3.83. The number of para-hydroxylation sites is 1. The molecule has 0 saturated carbocycles. The van der Waals surface area contributed by atoms with E-state index in [0.29, 0.717) is 13.1 Å². The van der Waals surface area contributed by atoms with E-state index >= 15 is 0 Å². The minimum absolute atomic E-state index is 0.00299. The number of benzene rings is 2. The Bertz CT molecular complexity index is 1180. The van der Waals surface area contributed by atoms with Crippen LogP contribution in [0.4, 0.5) is 10.1 Å². The van der Waals surface area contributed by atoms with Gasteiger partial charge in [-0.3, -0.25) is 9.69 Å². The summed E-state index contributed by atoms with van der Waals surface area (Å²) in [6.07, 6.45) is 3.34. The van der Waals surface area contributed by atoms with Crippen LogP contribution >= 0.6 is 0 Å². The third-order valence-corrected chi connectivity index (χ3v) is 9.89. The average Bonchev–Trinajstić information content (AvgIpc) is 2.80. The lowest BCUT2D eigenvalue weighted by Gasteiger charge is -2.53. The fourth-order valence-corrected chi connectivity index (χ4v) is 7.40. The zero-order valence-electron chi connectivity index (χ0n) is 21.1. The number of carbonyl (C=O) groups is 1. The maximum Gasteiger partial charge on any atom is 0.243 e. The van der Waals surface area contributed by atoms with Gasteiger partial charge in [-0.1, -0.05) is 24.3 Å². The molecule has 1 N–H and O–H groups in total. The van der Waals surface area contributed by atoms with Gasteiger partial charge in [0.1, 0.15) is 5.82 Å². The number of hydrogen-bond donors (Lipinski definition) is 1. The van der Waals surface area contributed by atoms with E-state index in [2.05, 4.69) is 10.2 Å². The van der Waals surface area contributed by atoms with Crippen LogP contribution in [0.3, 0.4) is 0 Å². The molecule has 2 heterocycles. The highest BCUT2D eigenvalue weighted by Crippen LogP contribution is 2.46. The van der Waals surface area contributed by atoms with E-state index in [4.69, 9.17) is 0 Å². The molecular formula is C27H36FN3O3S. The van der Waals surface area contributed by atoms with Crippen molar-refractivity contribution in [2.45, 2.75) is 63.8 Å². The van der Waals surface area contributed by atoms with Gasteiger partial charge in [0.15, 0.2) is 0 Å². The maximum atomic E-state index is 13.8. The first-order valence-electron chi connectivity index (χ1n) is 12.3. The topological polar surface area (TPSA) is 69.7 Å². The number of hydrogen-bond acceptors (Lipinski definition) is 4. The SMILES string of the molecule is Cc1cccc(C)c1NC(=O)CN1CCC2(CC1)CCC(C)(C)N(S(=O)(=O)c1cccc(F)c1)C2. The minimum Gasteiger partial charge on any atom is -0.324 e. The second-order valence-electron chi connectivity index (χ2n) is 10.9. The number of nitrogens with zero attached hydrogens (tertiary/aromatic N) is 2. The van der Waals surface area contributed by atoms with E-state index in [1.54, 1.807) is 4.31 Å². The lowest BCUT2D eigenvalue weighted by atomic mass is 9.69. The largest absolute Gasteiger partial charge is 0.324 e. The summed E-state index contributed by atoms with van der Waals surface area (Å²) in [6, 6.07) is 11.2. The predicted octanol–water partition coefficient (Wildman–Crippen LogP) is 4.73. The fraction of sp³-hybridized carbons (Fsp3) is 0.519. The van der Waals surface area contributed by atoms with Crippen molar-refractivity contribution >= 4 is 21.6 Å². The summed E-state index contributed by atoms with van der Waals surface area (Å²) in [5, 5.41) is 3.06. The van der Waals surface area contributed by atoms with Crippen LogP contribution in [0.25, 0.3) is 0 Å². The Morgan fingerprint density at radius 2 is 1.63 bits per heavy atom. The highest BCUT2D eigenvalue weighted by atomic mass is 32.2. The Morgan fingerprint density at radius 3 is 2.26 bits per heavy atom. The smallest absolute Gasteiger partial charge is 0.243 e. The Kier molecular flexibility index (Phi) is 7.10. The van der Waals surface area contributed by atoms with E-state index < -0.39 is 21.4 Å². The highest BCUT2D eigenvalue weighted by molar-refractivity contribution is 7.89. The van der Waals surface area contributed by atoms with Crippen LogP contribution in [0.5, 0.6) is 0 Å². The summed E-state index contributed by atoms with van der Waals surface area (Å²) in [6.45, 7) is 10.1. The van der Waals surface area contributed by atoms with Gasteiger partial charge in [-0.2, -0.15) is 4.31 Å². The number of aryl methyl sites for hydroxylation is 2. The third kappa shape index (κ3) is 5.44. The van der Waals surface area contributed by atoms with Gasteiger partial charge in [-0.05, 0) is 101 Å². The lowest BCUT2D eigenvalue weighted by Crippen LogP contribution is -2.59. The molecule has 0 atom stereocenters. The molecule has 1 spiro atoms. The molecule has 8 heteroatoms. The average molecular weight is 502 g/mol. The molecule has 0 unspecified atom stereocenters. The molecule has 0 bridgehead atoms. The summed E-state index contributed by atoms with van der Waals surface area (Å²) in [5.74, 6) is -0.582. The van der Waals surface area contributed by atoms with Gasteiger partial charge in [0.2, 0.25) is 15.9 Å². The van der Waals surface area contributed by atoms with Crippen molar-refractivity contribution in [3.63, 3.8) is 0 Å².